The lowest BCUT2D eigenvalue weighted by Crippen LogP contribution is -2.36. The molecule has 0 saturated carbocycles. The molecule has 1 heterocycles. The maximum Gasteiger partial charge on any atom is 0.214 e. The molecule has 1 N–H and O–H groups in total. The molecular weight excluding hydrogens is 226 g/mol. The van der Waals surface area contributed by atoms with Crippen LogP contribution >= 0.6 is 0 Å². The van der Waals surface area contributed by atoms with Crippen molar-refractivity contribution in [1.29, 1.82) is 0 Å². The van der Waals surface area contributed by atoms with Crippen LogP contribution in [0.15, 0.2) is 0 Å². The fourth-order valence-corrected chi connectivity index (χ4v) is 3.40. The standard InChI is InChI=1S/C10H23N3O2S/c1-11-5-3-10-16(14,15)13-7-4-6-12(2)8-9-13/h11H,3-10H2,1-2H3. The third-order valence-corrected chi connectivity index (χ3v) is 4.86. The van der Waals surface area contributed by atoms with Gasteiger partial charge in [0.05, 0.1) is 5.75 Å². The molecule has 1 saturated heterocycles. The van der Waals surface area contributed by atoms with E-state index in [9.17, 15) is 8.42 Å². The molecule has 0 radical (unpaired) electrons. The van der Waals surface area contributed by atoms with Crippen molar-refractivity contribution in [3.05, 3.63) is 0 Å². The highest BCUT2D eigenvalue weighted by Gasteiger charge is 2.23. The number of sulfonamides is 1. The minimum absolute atomic E-state index is 0.261. The van der Waals surface area contributed by atoms with Crippen LogP contribution in [-0.2, 0) is 10.0 Å². The summed E-state index contributed by atoms with van der Waals surface area (Å²) in [5, 5.41) is 2.97. The van der Waals surface area contributed by atoms with Crippen LogP contribution in [-0.4, -0.2) is 70.2 Å². The van der Waals surface area contributed by atoms with Crippen LogP contribution in [0, 0.1) is 0 Å². The Morgan fingerprint density at radius 3 is 2.62 bits per heavy atom. The second-order valence-electron chi connectivity index (χ2n) is 4.33. The molecule has 0 unspecified atom stereocenters. The van der Waals surface area contributed by atoms with Gasteiger partial charge in [0.1, 0.15) is 0 Å². The van der Waals surface area contributed by atoms with Gasteiger partial charge in [-0.2, -0.15) is 0 Å². The second kappa shape index (κ2) is 6.54. The maximum atomic E-state index is 12.0. The van der Waals surface area contributed by atoms with Gasteiger partial charge in [-0.1, -0.05) is 0 Å². The predicted octanol–water partition coefficient (Wildman–Crippen LogP) is -0.437. The molecule has 0 bridgehead atoms. The summed E-state index contributed by atoms with van der Waals surface area (Å²) in [6, 6.07) is 0. The van der Waals surface area contributed by atoms with E-state index in [-0.39, 0.29) is 5.75 Å². The lowest BCUT2D eigenvalue weighted by molar-refractivity contribution is 0.347. The first-order chi connectivity index (χ1) is 7.56. The Bertz CT molecular complexity index is 292. The summed E-state index contributed by atoms with van der Waals surface area (Å²) in [5.74, 6) is 0.261. The SMILES string of the molecule is CNCCCS(=O)(=O)N1CCCN(C)CC1. The zero-order valence-corrected chi connectivity index (χ0v) is 11.1. The van der Waals surface area contributed by atoms with Crippen LogP contribution in [0.4, 0.5) is 0 Å². The van der Waals surface area contributed by atoms with Crippen molar-refractivity contribution >= 4 is 10.0 Å². The van der Waals surface area contributed by atoms with Crippen LogP contribution in [0.5, 0.6) is 0 Å². The Labute approximate surface area is 98.8 Å². The number of nitrogens with one attached hydrogen (secondary N) is 1. The fraction of sp³-hybridized carbons (Fsp3) is 1.00. The molecule has 0 amide bonds. The molecular formula is C10H23N3O2S. The number of rotatable bonds is 5. The number of hydrogen-bond donors (Lipinski definition) is 1. The van der Waals surface area contributed by atoms with Crippen molar-refractivity contribution < 1.29 is 8.42 Å². The zero-order chi connectivity index (χ0) is 12.0. The van der Waals surface area contributed by atoms with Gasteiger partial charge in [0.2, 0.25) is 10.0 Å². The van der Waals surface area contributed by atoms with E-state index in [2.05, 4.69) is 10.2 Å². The van der Waals surface area contributed by atoms with Crippen LogP contribution < -0.4 is 5.32 Å². The summed E-state index contributed by atoms with van der Waals surface area (Å²) in [5.41, 5.74) is 0. The summed E-state index contributed by atoms with van der Waals surface area (Å²) in [6.07, 6.45) is 1.62. The van der Waals surface area contributed by atoms with Crippen LogP contribution in [0.3, 0.4) is 0 Å². The molecule has 0 aromatic heterocycles. The zero-order valence-electron chi connectivity index (χ0n) is 10.3. The van der Waals surface area contributed by atoms with Crippen LogP contribution in [0.1, 0.15) is 12.8 Å². The first-order valence-electron chi connectivity index (χ1n) is 5.87. The van der Waals surface area contributed by atoms with E-state index in [1.807, 2.05) is 14.1 Å². The fourth-order valence-electron chi connectivity index (χ4n) is 1.86. The molecule has 0 atom stereocenters. The van der Waals surface area contributed by atoms with Crippen LogP contribution in [0.25, 0.3) is 0 Å². The highest BCUT2D eigenvalue weighted by Crippen LogP contribution is 2.08. The Morgan fingerprint density at radius 2 is 1.94 bits per heavy atom. The normalized spacial score (nSPS) is 20.9. The van der Waals surface area contributed by atoms with E-state index in [0.29, 0.717) is 19.5 Å². The number of nitrogens with zero attached hydrogens (tertiary/aromatic N) is 2. The molecule has 1 aliphatic rings. The molecule has 1 fully saturated rings. The molecule has 5 nitrogen and oxygen atoms in total. The smallest absolute Gasteiger partial charge is 0.214 e. The first-order valence-corrected chi connectivity index (χ1v) is 7.48. The minimum Gasteiger partial charge on any atom is -0.320 e. The summed E-state index contributed by atoms with van der Waals surface area (Å²) in [7, 11) is 0.844. The highest BCUT2D eigenvalue weighted by molar-refractivity contribution is 7.89. The summed E-state index contributed by atoms with van der Waals surface area (Å²) < 4.78 is 25.6. The molecule has 16 heavy (non-hydrogen) atoms. The lowest BCUT2D eigenvalue weighted by Gasteiger charge is -2.20. The molecule has 1 rings (SSSR count). The third-order valence-electron chi connectivity index (χ3n) is 2.90. The second-order valence-corrected chi connectivity index (χ2v) is 6.42. The Hall–Kier alpha value is -0.170. The molecule has 0 aromatic carbocycles. The van der Waals surface area contributed by atoms with Gasteiger partial charge in [-0.05, 0) is 40.0 Å². The first kappa shape index (κ1) is 13.9. The van der Waals surface area contributed by atoms with Crippen molar-refractivity contribution in [1.82, 2.24) is 14.5 Å². The van der Waals surface area contributed by atoms with E-state index in [1.165, 1.54) is 0 Å². The van der Waals surface area contributed by atoms with Crippen molar-refractivity contribution in [2.75, 3.05) is 52.6 Å². The Morgan fingerprint density at radius 1 is 1.19 bits per heavy atom. The number of hydrogen-bond acceptors (Lipinski definition) is 4. The molecule has 6 heteroatoms. The van der Waals surface area contributed by atoms with Gasteiger partial charge < -0.3 is 10.2 Å². The van der Waals surface area contributed by atoms with Gasteiger partial charge in [-0.3, -0.25) is 0 Å². The van der Waals surface area contributed by atoms with Crippen molar-refractivity contribution in [3.8, 4) is 0 Å². The monoisotopic (exact) mass is 249 g/mol. The molecule has 0 aromatic rings. The van der Waals surface area contributed by atoms with E-state index in [1.54, 1.807) is 4.31 Å². The minimum atomic E-state index is -3.04. The predicted molar refractivity (Wildman–Crippen MR) is 66.0 cm³/mol. The maximum absolute atomic E-state index is 12.0. The van der Waals surface area contributed by atoms with E-state index in [4.69, 9.17) is 0 Å². The quantitative estimate of drug-likeness (QED) is 0.671. The molecule has 0 aliphatic carbocycles. The topological polar surface area (TPSA) is 52.7 Å². The Balaban J connectivity index is 2.47. The van der Waals surface area contributed by atoms with Gasteiger partial charge in [0.15, 0.2) is 0 Å². The third kappa shape index (κ3) is 4.37. The average Bonchev–Trinajstić information content (AvgIpc) is 2.43. The average molecular weight is 249 g/mol. The van der Waals surface area contributed by atoms with Gasteiger partial charge >= 0.3 is 0 Å². The summed E-state index contributed by atoms with van der Waals surface area (Å²) in [6.45, 7) is 3.89. The van der Waals surface area contributed by atoms with E-state index in [0.717, 1.165) is 26.1 Å². The van der Waals surface area contributed by atoms with Gasteiger partial charge in [0.25, 0.3) is 0 Å². The molecule has 1 aliphatic heterocycles. The van der Waals surface area contributed by atoms with Crippen molar-refractivity contribution in [2.45, 2.75) is 12.8 Å². The lowest BCUT2D eigenvalue weighted by atomic mass is 10.4. The van der Waals surface area contributed by atoms with Crippen molar-refractivity contribution in [3.63, 3.8) is 0 Å². The number of likely N-dealkylation sites (N-methyl/N-ethyl adjacent to an activating group) is 1. The highest BCUT2D eigenvalue weighted by atomic mass is 32.2. The largest absolute Gasteiger partial charge is 0.320 e. The van der Waals surface area contributed by atoms with Gasteiger partial charge in [0, 0.05) is 19.6 Å². The summed E-state index contributed by atoms with van der Waals surface area (Å²) in [4.78, 5) is 2.18. The van der Waals surface area contributed by atoms with Gasteiger partial charge in [-0.25, -0.2) is 12.7 Å². The van der Waals surface area contributed by atoms with Crippen molar-refractivity contribution in [2.24, 2.45) is 0 Å². The van der Waals surface area contributed by atoms with Gasteiger partial charge in [-0.15, -0.1) is 0 Å². The van der Waals surface area contributed by atoms with E-state index < -0.39 is 10.0 Å². The molecule has 0 spiro atoms. The molecule has 96 valence electrons. The van der Waals surface area contributed by atoms with E-state index >= 15 is 0 Å². The summed E-state index contributed by atoms with van der Waals surface area (Å²) >= 11 is 0. The van der Waals surface area contributed by atoms with Crippen LogP contribution in [0.2, 0.25) is 0 Å². The Kier molecular flexibility index (Phi) is 5.68.